The summed E-state index contributed by atoms with van der Waals surface area (Å²) in [6.45, 7) is 6.39. The van der Waals surface area contributed by atoms with Crippen LogP contribution in [0.2, 0.25) is 0 Å². The molecule has 3 nitrogen and oxygen atoms in total. The lowest BCUT2D eigenvalue weighted by Crippen LogP contribution is -2.25. The fraction of sp³-hybridized carbons (Fsp3) is 1.00. The van der Waals surface area contributed by atoms with Gasteiger partial charge in [0, 0.05) is 6.61 Å². The monoisotopic (exact) mass is 200 g/mol. The Bertz CT molecular complexity index is 124. The zero-order valence-corrected chi connectivity index (χ0v) is 9.17. The number of nitrogens with zero attached hydrogens (tertiary/aromatic N) is 1. The molecule has 0 aliphatic carbocycles. The number of rotatable bonds is 8. The van der Waals surface area contributed by atoms with Crippen molar-refractivity contribution in [2.75, 3.05) is 39.3 Å². The van der Waals surface area contributed by atoms with Gasteiger partial charge in [-0.3, -0.25) is 0 Å². The van der Waals surface area contributed by atoms with Crippen molar-refractivity contribution in [3.8, 4) is 0 Å². The molecule has 0 amide bonds. The molecular formula is C11H24N2O. The van der Waals surface area contributed by atoms with Gasteiger partial charge in [0.05, 0.1) is 0 Å². The molecular weight excluding hydrogens is 176 g/mol. The topological polar surface area (TPSA) is 35.5 Å². The highest BCUT2D eigenvalue weighted by molar-refractivity contribution is 4.66. The lowest BCUT2D eigenvalue weighted by Gasteiger charge is -2.14. The van der Waals surface area contributed by atoms with Gasteiger partial charge in [-0.15, -0.1) is 0 Å². The van der Waals surface area contributed by atoms with Crippen molar-refractivity contribution in [3.05, 3.63) is 0 Å². The Balaban J connectivity index is 1.75. The molecule has 1 aliphatic heterocycles. The van der Waals surface area contributed by atoms with E-state index in [4.69, 9.17) is 5.11 Å². The number of hydrogen-bond donors (Lipinski definition) is 2. The van der Waals surface area contributed by atoms with Crippen LogP contribution in [0.1, 0.15) is 32.1 Å². The molecule has 0 bridgehead atoms. The van der Waals surface area contributed by atoms with Crippen molar-refractivity contribution >= 4 is 0 Å². The van der Waals surface area contributed by atoms with E-state index in [2.05, 4.69) is 10.2 Å². The van der Waals surface area contributed by atoms with E-state index >= 15 is 0 Å². The third-order valence-electron chi connectivity index (χ3n) is 2.79. The molecule has 1 saturated heterocycles. The SMILES string of the molecule is OCCCCNCCCN1CCCC1. The Morgan fingerprint density at radius 2 is 1.71 bits per heavy atom. The van der Waals surface area contributed by atoms with Crippen molar-refractivity contribution in [1.29, 1.82) is 0 Å². The van der Waals surface area contributed by atoms with E-state index in [0.717, 1.165) is 25.9 Å². The Kier molecular flexibility index (Phi) is 7.01. The second-order valence-corrected chi connectivity index (χ2v) is 4.08. The molecule has 1 fully saturated rings. The van der Waals surface area contributed by atoms with E-state index in [-0.39, 0.29) is 0 Å². The van der Waals surface area contributed by atoms with Crippen molar-refractivity contribution in [1.82, 2.24) is 10.2 Å². The number of likely N-dealkylation sites (tertiary alicyclic amines) is 1. The Morgan fingerprint density at radius 3 is 2.43 bits per heavy atom. The normalized spacial score (nSPS) is 17.8. The van der Waals surface area contributed by atoms with Gasteiger partial charge in [0.25, 0.3) is 0 Å². The van der Waals surface area contributed by atoms with Crippen LogP contribution in [0, 0.1) is 0 Å². The molecule has 14 heavy (non-hydrogen) atoms. The van der Waals surface area contributed by atoms with Crippen molar-refractivity contribution < 1.29 is 5.11 Å². The highest BCUT2D eigenvalue weighted by Crippen LogP contribution is 2.06. The summed E-state index contributed by atoms with van der Waals surface area (Å²) >= 11 is 0. The van der Waals surface area contributed by atoms with Crippen LogP contribution in [0.5, 0.6) is 0 Å². The molecule has 1 aliphatic rings. The third-order valence-corrected chi connectivity index (χ3v) is 2.79. The molecule has 3 heteroatoms. The van der Waals surface area contributed by atoms with Gasteiger partial charge >= 0.3 is 0 Å². The van der Waals surface area contributed by atoms with Gasteiger partial charge < -0.3 is 15.3 Å². The number of aliphatic hydroxyl groups is 1. The molecule has 0 aromatic carbocycles. The maximum absolute atomic E-state index is 8.58. The first-order chi connectivity index (χ1) is 6.93. The standard InChI is InChI=1S/C11H24N2O/c14-11-4-1-6-12-7-5-10-13-8-2-3-9-13/h12,14H,1-11H2. The first-order valence-electron chi connectivity index (χ1n) is 5.97. The zero-order valence-electron chi connectivity index (χ0n) is 9.17. The van der Waals surface area contributed by atoms with Gasteiger partial charge in [-0.2, -0.15) is 0 Å². The summed E-state index contributed by atoms with van der Waals surface area (Å²) in [4.78, 5) is 2.55. The minimum Gasteiger partial charge on any atom is -0.396 e. The molecule has 0 radical (unpaired) electrons. The average Bonchev–Trinajstić information content (AvgIpc) is 2.69. The van der Waals surface area contributed by atoms with Gasteiger partial charge in [0.2, 0.25) is 0 Å². The summed E-state index contributed by atoms with van der Waals surface area (Å²) in [5.74, 6) is 0. The second kappa shape index (κ2) is 8.21. The predicted molar refractivity (Wildman–Crippen MR) is 59.5 cm³/mol. The summed E-state index contributed by atoms with van der Waals surface area (Å²) in [7, 11) is 0. The molecule has 0 aromatic rings. The highest BCUT2D eigenvalue weighted by atomic mass is 16.2. The number of hydrogen-bond acceptors (Lipinski definition) is 3. The predicted octanol–water partition coefficient (Wildman–Crippen LogP) is 0.834. The molecule has 0 spiro atoms. The third kappa shape index (κ3) is 5.58. The minimum absolute atomic E-state index is 0.329. The molecule has 0 unspecified atom stereocenters. The summed E-state index contributed by atoms with van der Waals surface area (Å²) in [5, 5.41) is 12.0. The van der Waals surface area contributed by atoms with E-state index in [1.54, 1.807) is 0 Å². The fourth-order valence-electron chi connectivity index (χ4n) is 1.92. The lowest BCUT2D eigenvalue weighted by atomic mass is 10.3. The van der Waals surface area contributed by atoms with Gasteiger partial charge in [-0.1, -0.05) is 0 Å². The van der Waals surface area contributed by atoms with Crippen molar-refractivity contribution in [3.63, 3.8) is 0 Å². The maximum atomic E-state index is 8.58. The molecule has 0 saturated carbocycles. The van der Waals surface area contributed by atoms with Crippen LogP contribution >= 0.6 is 0 Å². The molecule has 2 N–H and O–H groups in total. The molecule has 0 aromatic heterocycles. The number of nitrogens with one attached hydrogen (secondary N) is 1. The van der Waals surface area contributed by atoms with Gasteiger partial charge in [0.15, 0.2) is 0 Å². The van der Waals surface area contributed by atoms with Gasteiger partial charge in [-0.25, -0.2) is 0 Å². The first kappa shape index (κ1) is 12.0. The maximum Gasteiger partial charge on any atom is 0.0431 e. The quantitative estimate of drug-likeness (QED) is 0.570. The molecule has 1 rings (SSSR count). The molecule has 0 atom stereocenters. The van der Waals surface area contributed by atoms with Crippen LogP contribution in [0.3, 0.4) is 0 Å². The highest BCUT2D eigenvalue weighted by Gasteiger charge is 2.09. The first-order valence-corrected chi connectivity index (χ1v) is 5.97. The summed E-state index contributed by atoms with van der Waals surface area (Å²) in [6.07, 6.45) is 6.08. The van der Waals surface area contributed by atoms with E-state index in [0.29, 0.717) is 6.61 Å². The van der Waals surface area contributed by atoms with Crippen LogP contribution in [-0.2, 0) is 0 Å². The zero-order chi connectivity index (χ0) is 10.1. The Labute approximate surface area is 87.5 Å². The van der Waals surface area contributed by atoms with Gasteiger partial charge in [0.1, 0.15) is 0 Å². The van der Waals surface area contributed by atoms with Crippen LogP contribution in [0.25, 0.3) is 0 Å². The second-order valence-electron chi connectivity index (χ2n) is 4.08. The number of aliphatic hydroxyl groups excluding tert-OH is 1. The van der Waals surface area contributed by atoms with Crippen molar-refractivity contribution in [2.24, 2.45) is 0 Å². The lowest BCUT2D eigenvalue weighted by molar-refractivity contribution is 0.283. The Morgan fingerprint density at radius 1 is 1.00 bits per heavy atom. The fourth-order valence-corrected chi connectivity index (χ4v) is 1.92. The van der Waals surface area contributed by atoms with Crippen LogP contribution < -0.4 is 5.32 Å². The smallest absolute Gasteiger partial charge is 0.0431 e. The summed E-state index contributed by atoms with van der Waals surface area (Å²) in [6, 6.07) is 0. The largest absolute Gasteiger partial charge is 0.396 e. The van der Waals surface area contributed by atoms with E-state index < -0.39 is 0 Å². The van der Waals surface area contributed by atoms with Crippen molar-refractivity contribution in [2.45, 2.75) is 32.1 Å². The van der Waals surface area contributed by atoms with Crippen LogP contribution in [0.15, 0.2) is 0 Å². The van der Waals surface area contributed by atoms with Crippen LogP contribution in [-0.4, -0.2) is 49.3 Å². The molecule has 1 heterocycles. The summed E-state index contributed by atoms with van der Waals surface area (Å²) < 4.78 is 0. The van der Waals surface area contributed by atoms with Gasteiger partial charge in [-0.05, 0) is 64.8 Å². The molecule has 84 valence electrons. The van der Waals surface area contributed by atoms with E-state index in [1.807, 2.05) is 0 Å². The van der Waals surface area contributed by atoms with E-state index in [1.165, 1.54) is 38.9 Å². The Hall–Kier alpha value is -0.120. The summed E-state index contributed by atoms with van der Waals surface area (Å²) in [5.41, 5.74) is 0. The average molecular weight is 200 g/mol. The van der Waals surface area contributed by atoms with Crippen LogP contribution in [0.4, 0.5) is 0 Å². The minimum atomic E-state index is 0.329. The number of unbranched alkanes of at least 4 members (excludes halogenated alkanes) is 1. The van der Waals surface area contributed by atoms with E-state index in [9.17, 15) is 0 Å².